The van der Waals surface area contributed by atoms with Crippen molar-refractivity contribution >= 4 is 66.7 Å². The van der Waals surface area contributed by atoms with Crippen LogP contribution in [0.4, 0.5) is 0 Å². The van der Waals surface area contributed by atoms with Crippen molar-refractivity contribution < 1.29 is 4.57 Å². The summed E-state index contributed by atoms with van der Waals surface area (Å²) < 4.78 is 6.49. The summed E-state index contributed by atoms with van der Waals surface area (Å²) in [6.45, 7) is 11.5. The van der Waals surface area contributed by atoms with Crippen LogP contribution in [0.3, 0.4) is 0 Å². The van der Waals surface area contributed by atoms with E-state index in [4.69, 9.17) is 0 Å². The van der Waals surface area contributed by atoms with Gasteiger partial charge < -0.3 is 0 Å². The fourth-order valence-electron chi connectivity index (χ4n) is 5.81. The topological polar surface area (TPSA) is 8.29 Å². The van der Waals surface area contributed by atoms with Crippen molar-refractivity contribution in [1.82, 2.24) is 4.40 Å². The standard InChI is InChI=1S/C31H35GeN2/c1-18-14-24-23-16-21(31(3,4)5)10-11-25(23)34-26-17-22(32(6,7)8)15-20-12-13-33(9)30(28(20)26)27(19(18)2)29(24)34/h10-17H,1-9H3/q+1. The van der Waals surface area contributed by atoms with E-state index in [0.29, 0.717) is 0 Å². The maximum absolute atomic E-state index is 2.59. The van der Waals surface area contributed by atoms with Crippen molar-refractivity contribution in [3.63, 3.8) is 0 Å². The third-order valence-corrected chi connectivity index (χ3v) is 12.2. The molecule has 0 amide bonds. The van der Waals surface area contributed by atoms with Crippen LogP contribution in [0.1, 0.15) is 37.5 Å². The normalized spacial score (nSPS) is 13.4. The van der Waals surface area contributed by atoms with Gasteiger partial charge in [0.05, 0.1) is 0 Å². The molecule has 0 fully saturated rings. The van der Waals surface area contributed by atoms with Crippen LogP contribution in [-0.4, -0.2) is 17.7 Å². The van der Waals surface area contributed by atoms with Crippen LogP contribution in [-0.2, 0) is 12.5 Å². The van der Waals surface area contributed by atoms with Crippen LogP contribution in [0.2, 0.25) is 17.3 Å². The predicted molar refractivity (Wildman–Crippen MR) is 151 cm³/mol. The van der Waals surface area contributed by atoms with Crippen molar-refractivity contribution in [3.8, 4) is 0 Å². The summed E-state index contributed by atoms with van der Waals surface area (Å²) in [5, 5.41) is 6.91. The number of fused-ring (bicyclic) bond motifs is 5. The number of benzene rings is 3. The van der Waals surface area contributed by atoms with Crippen LogP contribution in [0.5, 0.6) is 0 Å². The van der Waals surface area contributed by atoms with E-state index in [1.54, 1.807) is 4.40 Å². The molecule has 6 rings (SSSR count). The zero-order valence-corrected chi connectivity index (χ0v) is 24.1. The van der Waals surface area contributed by atoms with Crippen molar-refractivity contribution in [1.29, 1.82) is 0 Å². The number of rotatable bonds is 1. The molecular weight excluding hydrogens is 473 g/mol. The Kier molecular flexibility index (Phi) is 4.35. The molecule has 0 radical (unpaired) electrons. The number of nitrogens with zero attached hydrogens (tertiary/aromatic N) is 2. The first kappa shape index (κ1) is 21.9. The Labute approximate surface area is 204 Å². The average molecular weight is 508 g/mol. The molecular formula is C31H35GeN2+. The minimum absolute atomic E-state index is 0.119. The zero-order chi connectivity index (χ0) is 24.3. The molecule has 2 nitrogen and oxygen atoms in total. The van der Waals surface area contributed by atoms with Crippen molar-refractivity contribution in [3.05, 3.63) is 65.4 Å². The van der Waals surface area contributed by atoms with Crippen molar-refractivity contribution in [2.75, 3.05) is 0 Å². The molecule has 0 aliphatic heterocycles. The van der Waals surface area contributed by atoms with Crippen molar-refractivity contribution in [2.45, 2.75) is 57.3 Å². The van der Waals surface area contributed by atoms with Crippen LogP contribution in [0, 0.1) is 13.8 Å². The van der Waals surface area contributed by atoms with Gasteiger partial charge in [-0.3, -0.25) is 0 Å². The van der Waals surface area contributed by atoms with E-state index in [9.17, 15) is 0 Å². The van der Waals surface area contributed by atoms with E-state index in [1.165, 1.54) is 65.7 Å². The Morgan fingerprint density at radius 3 is 2.24 bits per heavy atom. The van der Waals surface area contributed by atoms with Crippen LogP contribution >= 0.6 is 0 Å². The number of hydrogen-bond acceptors (Lipinski definition) is 0. The van der Waals surface area contributed by atoms with Gasteiger partial charge in [0.2, 0.25) is 0 Å². The summed E-state index contributed by atoms with van der Waals surface area (Å²) in [5.41, 5.74) is 9.68. The molecule has 6 aromatic rings. The Hall–Kier alpha value is -2.59. The monoisotopic (exact) mass is 509 g/mol. The molecule has 3 aromatic heterocycles. The molecule has 34 heavy (non-hydrogen) atoms. The molecule has 3 heteroatoms. The number of aryl methyl sites for hydroxylation is 3. The summed E-state index contributed by atoms with van der Waals surface area (Å²) in [6.07, 6.45) is 2.25. The molecule has 0 spiro atoms. The first-order chi connectivity index (χ1) is 15.9. The summed E-state index contributed by atoms with van der Waals surface area (Å²) in [6, 6.07) is 16.9. The second-order valence-corrected chi connectivity index (χ2v) is 23.0. The van der Waals surface area contributed by atoms with Gasteiger partial charge in [0.15, 0.2) is 0 Å². The molecule has 0 unspecified atom stereocenters. The summed E-state index contributed by atoms with van der Waals surface area (Å²) >= 11 is -2.05. The second kappa shape index (κ2) is 6.75. The van der Waals surface area contributed by atoms with Crippen LogP contribution < -0.4 is 8.96 Å². The van der Waals surface area contributed by atoms with Crippen molar-refractivity contribution in [2.24, 2.45) is 7.05 Å². The number of pyridine rings is 2. The van der Waals surface area contributed by atoms with E-state index >= 15 is 0 Å². The fourth-order valence-corrected chi connectivity index (χ4v) is 8.24. The van der Waals surface area contributed by atoms with Crippen LogP contribution in [0.25, 0.3) is 49.0 Å². The summed E-state index contributed by atoms with van der Waals surface area (Å²) in [5.74, 6) is 7.50. The van der Waals surface area contributed by atoms with E-state index in [2.05, 4.69) is 117 Å². The van der Waals surface area contributed by atoms with Gasteiger partial charge in [-0.25, -0.2) is 0 Å². The fraction of sp³-hybridized carbons (Fsp3) is 0.323. The molecule has 0 aliphatic carbocycles. The molecule has 0 N–H and O–H groups in total. The van der Waals surface area contributed by atoms with Gasteiger partial charge in [-0.1, -0.05) is 0 Å². The summed E-state index contributed by atoms with van der Waals surface area (Å²) in [7, 11) is 2.21. The Morgan fingerprint density at radius 2 is 1.56 bits per heavy atom. The van der Waals surface area contributed by atoms with E-state index in [-0.39, 0.29) is 5.41 Å². The molecule has 172 valence electrons. The molecule has 0 atom stereocenters. The molecule has 0 saturated carbocycles. The van der Waals surface area contributed by atoms with Crippen LogP contribution in [0.15, 0.2) is 48.7 Å². The van der Waals surface area contributed by atoms with Gasteiger partial charge in [0.25, 0.3) is 0 Å². The summed E-state index contributed by atoms with van der Waals surface area (Å²) in [4.78, 5) is 0. The van der Waals surface area contributed by atoms with Gasteiger partial charge in [-0.05, 0) is 0 Å². The van der Waals surface area contributed by atoms with Gasteiger partial charge in [0.1, 0.15) is 0 Å². The first-order valence-electron chi connectivity index (χ1n) is 12.4. The average Bonchev–Trinajstić information content (AvgIpc) is 3.07. The second-order valence-electron chi connectivity index (χ2n) is 12.4. The maximum atomic E-state index is 2.59. The minimum atomic E-state index is -2.05. The Bertz CT molecular complexity index is 1790. The molecule has 3 aromatic carbocycles. The number of hydrogen-bond donors (Lipinski definition) is 0. The predicted octanol–water partition coefficient (Wildman–Crippen LogP) is 7.27. The quantitative estimate of drug-likeness (QED) is 0.0956. The first-order valence-corrected chi connectivity index (χ1v) is 19.8. The molecule has 0 saturated heterocycles. The molecule has 0 aliphatic rings. The van der Waals surface area contributed by atoms with Gasteiger partial charge in [0, 0.05) is 0 Å². The molecule has 0 bridgehead atoms. The van der Waals surface area contributed by atoms with Gasteiger partial charge in [-0.2, -0.15) is 0 Å². The third kappa shape index (κ3) is 2.84. The molecule has 3 heterocycles. The zero-order valence-electron chi connectivity index (χ0n) is 22.0. The van der Waals surface area contributed by atoms with E-state index in [1.807, 2.05) is 0 Å². The van der Waals surface area contributed by atoms with E-state index < -0.39 is 13.3 Å². The van der Waals surface area contributed by atoms with Gasteiger partial charge >= 0.3 is 205 Å². The number of aromatic nitrogens is 2. The third-order valence-electron chi connectivity index (χ3n) is 8.00. The van der Waals surface area contributed by atoms with Gasteiger partial charge in [-0.15, -0.1) is 0 Å². The Morgan fingerprint density at radius 1 is 0.824 bits per heavy atom. The van der Waals surface area contributed by atoms with E-state index in [0.717, 1.165) is 0 Å². The SMILES string of the molecule is Cc1cc2c3cc(C(C)(C)C)ccc3n3c4c[c]([Ge]([CH3])([CH3])[CH3])cc5cc[n+](C)c(c(c1C)c23)c54. The Balaban J connectivity index is 2.01.